The zero-order valence-corrected chi connectivity index (χ0v) is 12.3. The Morgan fingerprint density at radius 1 is 1.15 bits per heavy atom. The van der Waals surface area contributed by atoms with Gasteiger partial charge in [-0.05, 0) is 45.8 Å². The summed E-state index contributed by atoms with van der Waals surface area (Å²) in [6, 6.07) is 9.26. The molecule has 0 saturated heterocycles. The molecule has 2 aromatic rings. The highest BCUT2D eigenvalue weighted by molar-refractivity contribution is 9.10. The maximum Gasteiger partial charge on any atom is 0.335 e. The molecule has 2 bridgehead atoms. The van der Waals surface area contributed by atoms with Gasteiger partial charge in [0.1, 0.15) is 4.90 Å². The third-order valence-corrected chi connectivity index (χ3v) is 5.39. The van der Waals surface area contributed by atoms with Gasteiger partial charge in [0.25, 0.3) is 10.0 Å². The van der Waals surface area contributed by atoms with Crippen LogP contribution in [0.5, 0.6) is 0 Å². The number of anilines is 1. The van der Waals surface area contributed by atoms with E-state index in [1.165, 1.54) is 18.2 Å². The first-order valence-corrected chi connectivity index (χ1v) is 7.86. The van der Waals surface area contributed by atoms with E-state index in [0.717, 1.165) is 5.56 Å². The number of hydrogen-bond acceptors (Lipinski definition) is 3. The van der Waals surface area contributed by atoms with Gasteiger partial charge in [0, 0.05) is 10.0 Å². The summed E-state index contributed by atoms with van der Waals surface area (Å²) in [7, 11) is -3.74. The van der Waals surface area contributed by atoms with Gasteiger partial charge >= 0.3 is 5.97 Å². The molecule has 0 spiro atoms. The van der Waals surface area contributed by atoms with E-state index in [-0.39, 0.29) is 16.1 Å². The molecule has 0 atom stereocenters. The van der Waals surface area contributed by atoms with Gasteiger partial charge < -0.3 is 5.11 Å². The van der Waals surface area contributed by atoms with E-state index in [4.69, 9.17) is 5.11 Å². The van der Waals surface area contributed by atoms with Crippen LogP contribution in [0, 0.1) is 0 Å². The van der Waals surface area contributed by atoms with E-state index in [0.29, 0.717) is 10.0 Å². The van der Waals surface area contributed by atoms with E-state index in [1.807, 2.05) is 0 Å². The second kappa shape index (κ2) is 4.32. The maximum atomic E-state index is 12.2. The summed E-state index contributed by atoms with van der Waals surface area (Å²) >= 11 is 3.23. The van der Waals surface area contributed by atoms with Crippen LogP contribution in [0.25, 0.3) is 11.1 Å². The van der Waals surface area contributed by atoms with Gasteiger partial charge in [0.15, 0.2) is 0 Å². The quantitative estimate of drug-likeness (QED) is 0.825. The van der Waals surface area contributed by atoms with Gasteiger partial charge in [-0.1, -0.05) is 12.1 Å². The van der Waals surface area contributed by atoms with Gasteiger partial charge in [0.05, 0.1) is 11.3 Å². The Bertz CT molecular complexity index is 845. The molecule has 2 aliphatic heterocycles. The SMILES string of the molecule is O=C(O)c1ccc2c(c1)NS(=O)(=O)c1ccc-2cc1Br. The predicted molar refractivity (Wildman–Crippen MR) is 77.3 cm³/mol. The molecule has 0 fully saturated rings. The molecule has 2 aliphatic rings. The Hall–Kier alpha value is -1.86. The predicted octanol–water partition coefficient (Wildman–Crippen LogP) is 2.93. The number of carbonyl (C=O) groups is 1. The normalized spacial score (nSPS) is 14.8. The average Bonchev–Trinajstić information content (AvgIpc) is 2.36. The second-order valence-corrected chi connectivity index (χ2v) is 6.82. The molecule has 0 radical (unpaired) electrons. The fraction of sp³-hybridized carbons (Fsp3) is 0. The Morgan fingerprint density at radius 2 is 1.90 bits per heavy atom. The number of nitrogens with one attached hydrogen (secondary N) is 1. The molecule has 0 aromatic heterocycles. The van der Waals surface area contributed by atoms with Crippen molar-refractivity contribution >= 4 is 37.6 Å². The molecule has 2 N–H and O–H groups in total. The smallest absolute Gasteiger partial charge is 0.335 e. The van der Waals surface area contributed by atoms with E-state index in [1.54, 1.807) is 18.2 Å². The monoisotopic (exact) mass is 353 g/mol. The minimum atomic E-state index is -3.74. The molecule has 5 nitrogen and oxygen atoms in total. The number of fused-ring (bicyclic) bond motifs is 3. The fourth-order valence-corrected chi connectivity index (χ4v) is 4.25. The number of carboxylic acids is 1. The topological polar surface area (TPSA) is 83.5 Å². The summed E-state index contributed by atoms with van der Waals surface area (Å²) in [5.41, 5.74) is 1.72. The van der Waals surface area contributed by atoms with Gasteiger partial charge in [0.2, 0.25) is 0 Å². The number of halogens is 1. The van der Waals surface area contributed by atoms with Crippen LogP contribution in [0.3, 0.4) is 0 Å². The van der Waals surface area contributed by atoms with E-state index >= 15 is 0 Å². The molecule has 2 heterocycles. The highest BCUT2D eigenvalue weighted by Gasteiger charge is 2.24. The number of benzene rings is 2. The third-order valence-electron chi connectivity index (χ3n) is 3.04. The lowest BCUT2D eigenvalue weighted by atomic mass is 10.0. The van der Waals surface area contributed by atoms with E-state index < -0.39 is 16.0 Å². The Morgan fingerprint density at radius 3 is 2.55 bits per heavy atom. The molecule has 20 heavy (non-hydrogen) atoms. The summed E-state index contributed by atoms with van der Waals surface area (Å²) < 4.78 is 27.4. The van der Waals surface area contributed by atoms with Crippen LogP contribution in [0.2, 0.25) is 0 Å². The van der Waals surface area contributed by atoms with E-state index in [2.05, 4.69) is 20.7 Å². The van der Waals surface area contributed by atoms with Crippen molar-refractivity contribution in [3.05, 3.63) is 46.4 Å². The summed E-state index contributed by atoms with van der Waals surface area (Å²) in [5.74, 6) is -1.11. The van der Waals surface area contributed by atoms with Crippen LogP contribution in [0.15, 0.2) is 45.8 Å². The largest absolute Gasteiger partial charge is 0.478 e. The van der Waals surface area contributed by atoms with Crippen LogP contribution >= 0.6 is 15.9 Å². The van der Waals surface area contributed by atoms with Crippen molar-refractivity contribution in [2.75, 3.05) is 4.72 Å². The number of rotatable bonds is 1. The van der Waals surface area contributed by atoms with Crippen molar-refractivity contribution in [2.45, 2.75) is 4.90 Å². The first-order valence-electron chi connectivity index (χ1n) is 5.58. The first kappa shape index (κ1) is 13.1. The lowest BCUT2D eigenvalue weighted by Gasteiger charge is -2.18. The van der Waals surface area contributed by atoms with Gasteiger partial charge in [-0.2, -0.15) is 0 Å². The maximum absolute atomic E-state index is 12.2. The molecule has 0 unspecified atom stereocenters. The summed E-state index contributed by atoms with van der Waals surface area (Å²) in [6.45, 7) is 0. The molecule has 2 aromatic carbocycles. The average molecular weight is 354 g/mol. The Kier molecular flexibility index (Phi) is 2.84. The van der Waals surface area contributed by atoms with Crippen LogP contribution in [-0.4, -0.2) is 19.5 Å². The summed E-state index contributed by atoms with van der Waals surface area (Å²) in [6.07, 6.45) is 0. The Balaban J connectivity index is 2.35. The second-order valence-electron chi connectivity index (χ2n) is 4.32. The minimum absolute atomic E-state index is 0.0283. The minimum Gasteiger partial charge on any atom is -0.478 e. The fourth-order valence-electron chi connectivity index (χ4n) is 2.10. The third kappa shape index (κ3) is 1.99. The Labute approximate surface area is 123 Å². The number of hydrogen-bond donors (Lipinski definition) is 2. The van der Waals surface area contributed by atoms with Crippen molar-refractivity contribution < 1.29 is 18.3 Å². The van der Waals surface area contributed by atoms with Crippen LogP contribution in [0.4, 0.5) is 5.69 Å². The molecular weight excluding hydrogens is 346 g/mol. The first-order chi connectivity index (χ1) is 9.38. The molecule has 4 rings (SSSR count). The van der Waals surface area contributed by atoms with Crippen molar-refractivity contribution in [3.63, 3.8) is 0 Å². The van der Waals surface area contributed by atoms with Gasteiger partial charge in [-0.25, -0.2) is 13.2 Å². The molecule has 102 valence electrons. The van der Waals surface area contributed by atoms with Crippen LogP contribution < -0.4 is 4.72 Å². The zero-order chi connectivity index (χ0) is 14.5. The van der Waals surface area contributed by atoms with Crippen LogP contribution in [-0.2, 0) is 10.0 Å². The molecule has 0 amide bonds. The highest BCUT2D eigenvalue weighted by Crippen LogP contribution is 2.37. The lowest BCUT2D eigenvalue weighted by Crippen LogP contribution is -2.16. The van der Waals surface area contributed by atoms with Gasteiger partial charge in [-0.15, -0.1) is 0 Å². The zero-order valence-electron chi connectivity index (χ0n) is 9.92. The van der Waals surface area contributed by atoms with Crippen LogP contribution in [0.1, 0.15) is 10.4 Å². The summed E-state index contributed by atoms with van der Waals surface area (Å²) in [5, 5.41) is 8.99. The van der Waals surface area contributed by atoms with E-state index in [9.17, 15) is 13.2 Å². The lowest BCUT2D eigenvalue weighted by molar-refractivity contribution is 0.0697. The number of sulfonamides is 1. The standard InChI is InChI=1S/C13H8BrNO4S/c14-10-5-7-2-4-12(10)20(18,19)15-11-6-8(13(16)17)1-3-9(7)11/h1-6,15H,(H,16,17). The van der Waals surface area contributed by atoms with Crippen molar-refractivity contribution in [1.82, 2.24) is 0 Å². The van der Waals surface area contributed by atoms with Crippen molar-refractivity contribution in [3.8, 4) is 11.1 Å². The molecule has 0 saturated carbocycles. The highest BCUT2D eigenvalue weighted by atomic mass is 79.9. The summed E-state index contributed by atoms with van der Waals surface area (Å²) in [4.78, 5) is 11.1. The molecular formula is C13H8BrNO4S. The number of aromatic carboxylic acids is 1. The number of carboxylic acid groups (broad SMARTS) is 1. The molecule has 0 aliphatic carbocycles. The van der Waals surface area contributed by atoms with Crippen molar-refractivity contribution in [1.29, 1.82) is 0 Å². The van der Waals surface area contributed by atoms with Crippen molar-refractivity contribution in [2.24, 2.45) is 0 Å². The molecule has 7 heteroatoms. The van der Waals surface area contributed by atoms with Gasteiger partial charge in [-0.3, -0.25) is 4.72 Å².